The highest BCUT2D eigenvalue weighted by Crippen LogP contribution is 2.34. The molecule has 3 fully saturated rings. The molecule has 2 amide bonds. The number of nitrogens with zero attached hydrogens (tertiary/aromatic N) is 4. The third-order valence-corrected chi connectivity index (χ3v) is 8.96. The van der Waals surface area contributed by atoms with Crippen molar-refractivity contribution < 1.29 is 18.0 Å². The SMILES string of the molecule is O=C(C1CC1)N1CCC(S(=O)(=O)c2ccc(N(C(=O)C3CNC3)c3cccnn3)cc2)CC1. The average Bonchev–Trinajstić information content (AvgIpc) is 3.64. The molecule has 1 aliphatic carbocycles. The van der Waals surface area contributed by atoms with Crippen molar-refractivity contribution in [3.8, 4) is 0 Å². The van der Waals surface area contributed by atoms with Crippen LogP contribution in [0.3, 0.4) is 0 Å². The second-order valence-corrected chi connectivity index (χ2v) is 11.2. The van der Waals surface area contributed by atoms with Crippen LogP contribution < -0.4 is 10.2 Å². The van der Waals surface area contributed by atoms with Gasteiger partial charge in [-0.25, -0.2) is 8.42 Å². The van der Waals surface area contributed by atoms with E-state index in [1.807, 2.05) is 4.90 Å². The maximum atomic E-state index is 13.2. The summed E-state index contributed by atoms with van der Waals surface area (Å²) in [6.45, 7) is 2.18. The van der Waals surface area contributed by atoms with E-state index in [2.05, 4.69) is 15.5 Å². The van der Waals surface area contributed by atoms with E-state index in [1.54, 1.807) is 36.4 Å². The van der Waals surface area contributed by atoms with Crippen LogP contribution in [0.5, 0.6) is 0 Å². The lowest BCUT2D eigenvalue weighted by molar-refractivity contribution is -0.133. The van der Waals surface area contributed by atoms with Crippen molar-refractivity contribution in [1.82, 2.24) is 20.4 Å². The predicted molar refractivity (Wildman–Crippen MR) is 121 cm³/mol. The topological polar surface area (TPSA) is 113 Å². The van der Waals surface area contributed by atoms with Gasteiger partial charge in [0.15, 0.2) is 15.7 Å². The standard InChI is InChI=1S/C23H27N5O4S/c29-22(16-3-4-16)27-12-9-20(10-13-27)33(31,32)19-7-5-18(6-8-19)28(21-2-1-11-25-26-21)23(30)17-14-24-15-17/h1-2,5-8,11,16-17,20,24H,3-4,9-10,12-15H2. The van der Waals surface area contributed by atoms with E-state index >= 15 is 0 Å². The monoisotopic (exact) mass is 469 g/mol. The number of carbonyl (C=O) groups is 2. The first-order valence-corrected chi connectivity index (χ1v) is 12.9. The van der Waals surface area contributed by atoms with Crippen molar-refractivity contribution in [2.45, 2.75) is 35.8 Å². The van der Waals surface area contributed by atoms with Crippen LogP contribution in [0.1, 0.15) is 25.7 Å². The molecule has 3 heterocycles. The summed E-state index contributed by atoms with van der Waals surface area (Å²) in [4.78, 5) is 28.9. The summed E-state index contributed by atoms with van der Waals surface area (Å²) in [6.07, 6.45) is 4.34. The van der Waals surface area contributed by atoms with E-state index in [-0.39, 0.29) is 28.5 Å². The zero-order valence-electron chi connectivity index (χ0n) is 18.3. The normalized spacial score (nSPS) is 19.7. The molecule has 1 N–H and O–H groups in total. The molecule has 2 saturated heterocycles. The van der Waals surface area contributed by atoms with Crippen LogP contribution in [0.25, 0.3) is 0 Å². The van der Waals surface area contributed by atoms with Gasteiger partial charge in [0.25, 0.3) is 0 Å². The second kappa shape index (κ2) is 8.83. The molecule has 174 valence electrons. The average molecular weight is 470 g/mol. The molecule has 0 radical (unpaired) electrons. The number of amides is 2. The maximum absolute atomic E-state index is 13.2. The Kier molecular flexibility index (Phi) is 5.88. The lowest BCUT2D eigenvalue weighted by Gasteiger charge is -2.32. The summed E-state index contributed by atoms with van der Waals surface area (Å²) in [5, 5.41) is 10.6. The number of anilines is 2. The Morgan fingerprint density at radius 2 is 1.67 bits per heavy atom. The molecule has 0 atom stereocenters. The summed E-state index contributed by atoms with van der Waals surface area (Å²) in [7, 11) is -3.53. The maximum Gasteiger partial charge on any atom is 0.238 e. The largest absolute Gasteiger partial charge is 0.342 e. The fourth-order valence-electron chi connectivity index (χ4n) is 4.38. The molecule has 5 rings (SSSR count). The molecule has 1 aromatic heterocycles. The number of piperidine rings is 1. The number of carbonyl (C=O) groups excluding carboxylic acids is 2. The van der Waals surface area contributed by atoms with E-state index in [1.165, 1.54) is 11.1 Å². The summed E-state index contributed by atoms with van der Waals surface area (Å²) < 4.78 is 26.5. The Bertz CT molecular complexity index is 1120. The molecule has 33 heavy (non-hydrogen) atoms. The summed E-state index contributed by atoms with van der Waals surface area (Å²) >= 11 is 0. The van der Waals surface area contributed by atoms with Crippen LogP contribution in [0.15, 0.2) is 47.5 Å². The molecule has 10 heteroatoms. The van der Waals surface area contributed by atoms with E-state index in [9.17, 15) is 18.0 Å². The van der Waals surface area contributed by atoms with Crippen molar-refractivity contribution in [2.75, 3.05) is 31.1 Å². The molecule has 0 bridgehead atoms. The minimum atomic E-state index is -3.53. The minimum Gasteiger partial charge on any atom is -0.342 e. The molecule has 9 nitrogen and oxygen atoms in total. The summed E-state index contributed by atoms with van der Waals surface area (Å²) in [5.41, 5.74) is 0.552. The zero-order valence-corrected chi connectivity index (χ0v) is 19.1. The molecule has 1 saturated carbocycles. The lowest BCUT2D eigenvalue weighted by atomic mass is 10.0. The molecular weight excluding hydrogens is 442 g/mol. The second-order valence-electron chi connectivity index (χ2n) is 8.95. The van der Waals surface area contributed by atoms with E-state index in [0.717, 1.165) is 12.8 Å². The molecule has 2 aromatic rings. The highest BCUT2D eigenvalue weighted by molar-refractivity contribution is 7.92. The van der Waals surface area contributed by atoms with Crippen LogP contribution in [-0.2, 0) is 19.4 Å². The van der Waals surface area contributed by atoms with Crippen LogP contribution in [-0.4, -0.2) is 66.8 Å². The van der Waals surface area contributed by atoms with E-state index < -0.39 is 15.1 Å². The molecule has 3 aliphatic rings. The van der Waals surface area contributed by atoms with Gasteiger partial charge in [0.2, 0.25) is 11.8 Å². The van der Waals surface area contributed by atoms with Gasteiger partial charge in [0, 0.05) is 38.3 Å². The van der Waals surface area contributed by atoms with Crippen molar-refractivity contribution in [1.29, 1.82) is 0 Å². The Balaban J connectivity index is 1.33. The number of hydrogen-bond donors (Lipinski definition) is 1. The number of likely N-dealkylation sites (tertiary alicyclic amines) is 1. The summed E-state index contributed by atoms with van der Waals surface area (Å²) in [5.74, 6) is 0.473. The lowest BCUT2D eigenvalue weighted by Crippen LogP contribution is -2.51. The van der Waals surface area contributed by atoms with Gasteiger partial charge in [-0.2, -0.15) is 5.10 Å². The zero-order chi connectivity index (χ0) is 23.0. The third-order valence-electron chi connectivity index (χ3n) is 6.68. The van der Waals surface area contributed by atoms with Gasteiger partial charge in [-0.3, -0.25) is 14.5 Å². The molecular formula is C23H27N5O4S. The fraction of sp³-hybridized carbons (Fsp3) is 0.478. The predicted octanol–water partition coefficient (Wildman–Crippen LogP) is 1.54. The quantitative estimate of drug-likeness (QED) is 0.683. The molecule has 0 unspecified atom stereocenters. The van der Waals surface area contributed by atoms with Gasteiger partial charge in [-0.1, -0.05) is 0 Å². The fourth-order valence-corrected chi connectivity index (χ4v) is 6.12. The highest BCUT2D eigenvalue weighted by atomic mass is 32.2. The first-order valence-electron chi connectivity index (χ1n) is 11.4. The highest BCUT2D eigenvalue weighted by Gasteiger charge is 2.38. The first kappa shape index (κ1) is 22.0. The molecule has 2 aliphatic heterocycles. The van der Waals surface area contributed by atoms with Crippen molar-refractivity contribution in [3.63, 3.8) is 0 Å². The Morgan fingerprint density at radius 3 is 2.21 bits per heavy atom. The van der Waals surface area contributed by atoms with Gasteiger partial charge >= 0.3 is 0 Å². The van der Waals surface area contributed by atoms with Gasteiger partial charge in [-0.15, -0.1) is 5.10 Å². The van der Waals surface area contributed by atoms with Gasteiger partial charge in [0.1, 0.15) is 0 Å². The molecule has 1 aromatic carbocycles. The van der Waals surface area contributed by atoms with Crippen LogP contribution in [0.2, 0.25) is 0 Å². The van der Waals surface area contributed by atoms with Crippen LogP contribution >= 0.6 is 0 Å². The third kappa shape index (κ3) is 4.37. The molecule has 0 spiro atoms. The Labute approximate surface area is 193 Å². The van der Waals surface area contributed by atoms with Gasteiger partial charge in [-0.05, 0) is 62.1 Å². The Morgan fingerprint density at radius 1 is 0.970 bits per heavy atom. The number of sulfone groups is 1. The van der Waals surface area contributed by atoms with Crippen molar-refractivity contribution in [2.24, 2.45) is 11.8 Å². The minimum absolute atomic E-state index is 0.0995. The van der Waals surface area contributed by atoms with Gasteiger partial charge < -0.3 is 10.2 Å². The number of aromatic nitrogens is 2. The number of rotatable bonds is 6. The number of nitrogens with one attached hydrogen (secondary N) is 1. The van der Waals surface area contributed by atoms with E-state index in [0.29, 0.717) is 50.5 Å². The van der Waals surface area contributed by atoms with Crippen LogP contribution in [0.4, 0.5) is 11.5 Å². The number of benzene rings is 1. The number of hydrogen-bond acceptors (Lipinski definition) is 7. The first-order chi connectivity index (χ1) is 15.9. The smallest absolute Gasteiger partial charge is 0.238 e. The van der Waals surface area contributed by atoms with Crippen molar-refractivity contribution >= 4 is 33.2 Å². The Hall–Kier alpha value is -2.85. The van der Waals surface area contributed by atoms with Crippen molar-refractivity contribution in [3.05, 3.63) is 42.6 Å². The summed E-state index contributed by atoms with van der Waals surface area (Å²) in [6, 6.07) is 9.83. The van der Waals surface area contributed by atoms with Gasteiger partial charge in [0.05, 0.1) is 21.8 Å². The van der Waals surface area contributed by atoms with Crippen LogP contribution in [0, 0.1) is 11.8 Å². The van der Waals surface area contributed by atoms with E-state index in [4.69, 9.17) is 0 Å².